The fraction of sp³-hybridized carbons (Fsp3) is 0.762. The lowest BCUT2D eigenvalue weighted by Crippen LogP contribution is -2.49. The molecular weight excluding hydrogens is 303 g/mol. The molecular formula is C21H29FO2. The second kappa shape index (κ2) is 5.52. The number of aliphatic hydroxyl groups is 1. The monoisotopic (exact) mass is 332 g/mol. The largest absolute Gasteiger partial charge is 0.389 e. The van der Waals surface area contributed by atoms with Crippen LogP contribution >= 0.6 is 0 Å². The molecule has 0 heterocycles. The predicted octanol–water partition coefficient (Wildman–Crippen LogP) is 4.73. The smallest absolute Gasteiger partial charge is 0.155 e. The topological polar surface area (TPSA) is 37.3 Å². The van der Waals surface area contributed by atoms with Gasteiger partial charge in [-0.1, -0.05) is 19.4 Å². The number of ketones is 1. The summed E-state index contributed by atoms with van der Waals surface area (Å²) in [6.45, 7) is 4.17. The van der Waals surface area contributed by atoms with Crippen molar-refractivity contribution >= 4 is 5.78 Å². The molecule has 0 aromatic carbocycles. The van der Waals surface area contributed by atoms with Crippen molar-refractivity contribution in [2.45, 2.75) is 65.2 Å². The lowest BCUT2D eigenvalue weighted by molar-refractivity contribution is -0.117. The first-order valence-corrected chi connectivity index (χ1v) is 9.63. The van der Waals surface area contributed by atoms with Crippen LogP contribution in [0.25, 0.3) is 0 Å². The molecule has 24 heavy (non-hydrogen) atoms. The van der Waals surface area contributed by atoms with Crippen molar-refractivity contribution in [3.8, 4) is 0 Å². The van der Waals surface area contributed by atoms with Gasteiger partial charge in [-0.05, 0) is 85.2 Å². The zero-order chi connectivity index (χ0) is 17.1. The van der Waals surface area contributed by atoms with Crippen LogP contribution in [0.15, 0.2) is 23.0 Å². The minimum absolute atomic E-state index is 0.0595. The van der Waals surface area contributed by atoms with Crippen LogP contribution in [0, 0.1) is 28.6 Å². The van der Waals surface area contributed by atoms with Crippen LogP contribution in [0.3, 0.4) is 0 Å². The molecule has 0 unspecified atom stereocenters. The van der Waals surface area contributed by atoms with Crippen molar-refractivity contribution in [2.75, 3.05) is 6.61 Å². The maximum atomic E-state index is 14.2. The Morgan fingerprint density at radius 3 is 2.62 bits per heavy atom. The second-order valence-electron chi connectivity index (χ2n) is 9.01. The number of aliphatic hydroxyl groups excluding tert-OH is 1. The highest BCUT2D eigenvalue weighted by Gasteiger charge is 2.58. The molecule has 3 fully saturated rings. The van der Waals surface area contributed by atoms with Crippen molar-refractivity contribution in [2.24, 2.45) is 28.6 Å². The first-order chi connectivity index (χ1) is 11.4. The molecule has 0 radical (unpaired) electrons. The summed E-state index contributed by atoms with van der Waals surface area (Å²) in [7, 11) is 0. The molecule has 3 heteroatoms. The fourth-order valence-electron chi connectivity index (χ4n) is 6.91. The Labute approximate surface area is 144 Å². The highest BCUT2D eigenvalue weighted by molar-refractivity contribution is 5.91. The highest BCUT2D eigenvalue weighted by atomic mass is 19.1. The van der Waals surface area contributed by atoms with Crippen molar-refractivity contribution < 1.29 is 14.3 Å². The highest BCUT2D eigenvalue weighted by Crippen LogP contribution is 2.66. The van der Waals surface area contributed by atoms with Gasteiger partial charge in [-0.15, -0.1) is 0 Å². The molecule has 1 N–H and O–H groups in total. The van der Waals surface area contributed by atoms with E-state index in [4.69, 9.17) is 0 Å². The summed E-state index contributed by atoms with van der Waals surface area (Å²) < 4.78 is 14.2. The number of hydrogen-bond acceptors (Lipinski definition) is 2. The zero-order valence-corrected chi connectivity index (χ0v) is 14.9. The Morgan fingerprint density at radius 2 is 1.88 bits per heavy atom. The summed E-state index contributed by atoms with van der Waals surface area (Å²) >= 11 is 0. The van der Waals surface area contributed by atoms with Crippen molar-refractivity contribution in [1.82, 2.24) is 0 Å². The molecule has 0 bridgehead atoms. The third-order valence-corrected chi connectivity index (χ3v) is 8.21. The van der Waals surface area contributed by atoms with Gasteiger partial charge < -0.3 is 5.11 Å². The Morgan fingerprint density at radius 1 is 1.12 bits per heavy atom. The van der Waals surface area contributed by atoms with Gasteiger partial charge in [0.2, 0.25) is 0 Å². The molecule has 0 saturated heterocycles. The van der Waals surface area contributed by atoms with Crippen molar-refractivity contribution in [3.63, 3.8) is 0 Å². The summed E-state index contributed by atoms with van der Waals surface area (Å²) in [4.78, 5) is 11.9. The minimum Gasteiger partial charge on any atom is -0.389 e. The maximum Gasteiger partial charge on any atom is 0.155 e. The van der Waals surface area contributed by atoms with E-state index >= 15 is 0 Å². The Kier molecular flexibility index (Phi) is 3.80. The maximum absolute atomic E-state index is 14.2. The standard InChI is InChI=1S/C21H29FO2/c1-20-9-7-14(24)11-13(20)3-4-15-16-5-6-18(19(22)12-23)21(16,2)10-8-17(15)20/h11,15-17,23H,3-10,12H2,1-2H3/t15-,16-,17-,20-,21-/m0/s1. The Bertz CT molecular complexity index is 634. The van der Waals surface area contributed by atoms with E-state index in [0.29, 0.717) is 30.0 Å². The van der Waals surface area contributed by atoms with E-state index in [1.165, 1.54) is 5.57 Å². The van der Waals surface area contributed by atoms with Gasteiger partial charge in [-0.25, -0.2) is 4.39 Å². The molecule has 4 aliphatic carbocycles. The third kappa shape index (κ3) is 2.13. The van der Waals surface area contributed by atoms with Crippen molar-refractivity contribution in [1.29, 1.82) is 0 Å². The number of rotatable bonds is 1. The summed E-state index contributed by atoms with van der Waals surface area (Å²) in [6, 6.07) is 0. The normalized spacial score (nSPS) is 46.8. The third-order valence-electron chi connectivity index (χ3n) is 8.21. The zero-order valence-electron chi connectivity index (χ0n) is 14.9. The average molecular weight is 332 g/mol. The van der Waals surface area contributed by atoms with Gasteiger partial charge in [0.05, 0.1) is 6.61 Å². The molecule has 0 aromatic rings. The van der Waals surface area contributed by atoms with Crippen LogP contribution in [0.1, 0.15) is 65.2 Å². The summed E-state index contributed by atoms with van der Waals surface area (Å²) in [5.41, 5.74) is 2.41. The average Bonchev–Trinajstić information content (AvgIpc) is 2.92. The number of fused-ring (bicyclic) bond motifs is 5. The van der Waals surface area contributed by atoms with Crippen LogP contribution in [0.4, 0.5) is 4.39 Å². The molecule has 0 amide bonds. The SMILES string of the molecule is C[C@]12CCC(=O)C=C1CC[C@@H]1[C@@H]2CC[C@]2(C)C(=C(F)CO)CC[C@@H]12. The summed E-state index contributed by atoms with van der Waals surface area (Å²) in [5, 5.41) is 9.28. The first kappa shape index (κ1) is 16.5. The molecule has 4 rings (SSSR count). The number of halogens is 1. The van der Waals surface area contributed by atoms with Crippen LogP contribution in [-0.4, -0.2) is 17.5 Å². The van der Waals surface area contributed by atoms with Gasteiger partial charge in [0.1, 0.15) is 5.83 Å². The Hall–Kier alpha value is -0.960. The first-order valence-electron chi connectivity index (χ1n) is 9.63. The van der Waals surface area contributed by atoms with Gasteiger partial charge in [0.15, 0.2) is 5.78 Å². The van der Waals surface area contributed by atoms with Crippen LogP contribution in [0.5, 0.6) is 0 Å². The van der Waals surface area contributed by atoms with E-state index < -0.39 is 6.61 Å². The number of carbonyl (C=O) groups is 1. The van der Waals surface area contributed by atoms with Gasteiger partial charge in [0.25, 0.3) is 0 Å². The fourth-order valence-corrected chi connectivity index (χ4v) is 6.91. The molecule has 0 aromatic heterocycles. The van der Waals surface area contributed by atoms with E-state index in [9.17, 15) is 14.3 Å². The number of allylic oxidation sites excluding steroid dienone is 2. The number of hydrogen-bond donors (Lipinski definition) is 1. The van der Waals surface area contributed by atoms with Crippen LogP contribution < -0.4 is 0 Å². The molecule has 3 saturated carbocycles. The summed E-state index contributed by atoms with van der Waals surface area (Å²) in [5.74, 6) is 1.85. The molecule has 4 aliphatic rings. The molecule has 0 aliphatic heterocycles. The lowest BCUT2D eigenvalue weighted by atomic mass is 9.47. The van der Waals surface area contributed by atoms with E-state index in [-0.39, 0.29) is 16.7 Å². The van der Waals surface area contributed by atoms with Crippen molar-refractivity contribution in [3.05, 3.63) is 23.0 Å². The van der Waals surface area contributed by atoms with Gasteiger partial charge in [0, 0.05) is 6.42 Å². The second-order valence-corrected chi connectivity index (χ2v) is 9.01. The van der Waals surface area contributed by atoms with Gasteiger partial charge >= 0.3 is 0 Å². The minimum atomic E-state index is -0.446. The summed E-state index contributed by atoms with van der Waals surface area (Å²) in [6.07, 6.45) is 9.85. The van der Waals surface area contributed by atoms with E-state index in [0.717, 1.165) is 50.5 Å². The van der Waals surface area contributed by atoms with Gasteiger partial charge in [-0.2, -0.15) is 0 Å². The molecule has 2 nitrogen and oxygen atoms in total. The molecule has 0 spiro atoms. The predicted molar refractivity (Wildman–Crippen MR) is 91.9 cm³/mol. The quantitative estimate of drug-likeness (QED) is 0.753. The van der Waals surface area contributed by atoms with Gasteiger partial charge in [-0.3, -0.25) is 4.79 Å². The number of carbonyl (C=O) groups excluding carboxylic acids is 1. The molecule has 5 atom stereocenters. The molecule has 132 valence electrons. The Balaban J connectivity index is 1.69. The van der Waals surface area contributed by atoms with E-state index in [1.54, 1.807) is 0 Å². The van der Waals surface area contributed by atoms with Crippen LogP contribution in [-0.2, 0) is 4.79 Å². The van der Waals surface area contributed by atoms with E-state index in [1.807, 2.05) is 6.08 Å². The lowest BCUT2D eigenvalue weighted by Gasteiger charge is -2.57. The van der Waals surface area contributed by atoms with Crippen LogP contribution in [0.2, 0.25) is 0 Å². The van der Waals surface area contributed by atoms with E-state index in [2.05, 4.69) is 13.8 Å².